The van der Waals surface area contributed by atoms with Crippen LogP contribution in [0.25, 0.3) is 11.3 Å². The lowest BCUT2D eigenvalue weighted by molar-refractivity contribution is 0.0948. The van der Waals surface area contributed by atoms with Crippen LogP contribution >= 0.6 is 0 Å². The van der Waals surface area contributed by atoms with Crippen molar-refractivity contribution in [2.24, 2.45) is 5.92 Å². The third kappa shape index (κ3) is 5.01. The van der Waals surface area contributed by atoms with Crippen LogP contribution in [0.15, 0.2) is 67.0 Å². The summed E-state index contributed by atoms with van der Waals surface area (Å²) < 4.78 is 0. The SMILES string of the molecule is CC(C)CNC(=O)c1ccnc(-c2ccc(NC(=O)c3ccccc3)nc2)c1. The maximum Gasteiger partial charge on any atom is 0.256 e. The highest BCUT2D eigenvalue weighted by molar-refractivity contribution is 6.03. The number of carbonyl (C=O) groups excluding carboxylic acids is 2. The van der Waals surface area contributed by atoms with Gasteiger partial charge in [-0.15, -0.1) is 0 Å². The van der Waals surface area contributed by atoms with Crippen molar-refractivity contribution in [1.82, 2.24) is 15.3 Å². The molecule has 2 amide bonds. The van der Waals surface area contributed by atoms with Crippen LogP contribution in [-0.2, 0) is 0 Å². The molecular formula is C22H22N4O2. The molecule has 2 aromatic heterocycles. The van der Waals surface area contributed by atoms with Crippen LogP contribution in [0, 0.1) is 5.92 Å². The van der Waals surface area contributed by atoms with E-state index in [0.717, 1.165) is 5.56 Å². The van der Waals surface area contributed by atoms with E-state index in [0.29, 0.717) is 35.1 Å². The molecule has 0 saturated carbocycles. The Labute approximate surface area is 164 Å². The summed E-state index contributed by atoms with van der Waals surface area (Å²) in [5.74, 6) is 0.483. The average Bonchev–Trinajstić information content (AvgIpc) is 2.73. The molecule has 0 radical (unpaired) electrons. The first kappa shape index (κ1) is 19.2. The molecule has 0 aliphatic heterocycles. The monoisotopic (exact) mass is 374 g/mol. The van der Waals surface area contributed by atoms with E-state index in [1.54, 1.807) is 54.9 Å². The Morgan fingerprint density at radius 1 is 0.929 bits per heavy atom. The number of anilines is 1. The van der Waals surface area contributed by atoms with Crippen molar-refractivity contribution in [3.05, 3.63) is 78.1 Å². The maximum atomic E-state index is 12.2. The zero-order valence-corrected chi connectivity index (χ0v) is 15.8. The van der Waals surface area contributed by atoms with Gasteiger partial charge in [-0.1, -0.05) is 32.0 Å². The Bertz CT molecular complexity index is 954. The number of pyridine rings is 2. The zero-order valence-electron chi connectivity index (χ0n) is 15.8. The number of rotatable bonds is 6. The Morgan fingerprint density at radius 3 is 2.39 bits per heavy atom. The van der Waals surface area contributed by atoms with Crippen molar-refractivity contribution in [3.63, 3.8) is 0 Å². The molecule has 2 N–H and O–H groups in total. The van der Waals surface area contributed by atoms with Gasteiger partial charge in [0.15, 0.2) is 0 Å². The molecule has 2 heterocycles. The van der Waals surface area contributed by atoms with Crippen LogP contribution in [0.4, 0.5) is 5.82 Å². The van der Waals surface area contributed by atoms with E-state index < -0.39 is 0 Å². The third-order valence-electron chi connectivity index (χ3n) is 4.03. The van der Waals surface area contributed by atoms with E-state index in [4.69, 9.17) is 0 Å². The van der Waals surface area contributed by atoms with Gasteiger partial charge < -0.3 is 10.6 Å². The minimum Gasteiger partial charge on any atom is -0.352 e. The zero-order chi connectivity index (χ0) is 19.9. The highest BCUT2D eigenvalue weighted by atomic mass is 16.2. The van der Waals surface area contributed by atoms with Gasteiger partial charge in [-0.3, -0.25) is 14.6 Å². The van der Waals surface area contributed by atoms with Crippen LogP contribution < -0.4 is 10.6 Å². The first-order valence-electron chi connectivity index (χ1n) is 9.10. The summed E-state index contributed by atoms with van der Waals surface area (Å²) >= 11 is 0. The first-order valence-corrected chi connectivity index (χ1v) is 9.10. The van der Waals surface area contributed by atoms with Crippen LogP contribution in [0.3, 0.4) is 0 Å². The Morgan fingerprint density at radius 2 is 1.71 bits per heavy atom. The molecule has 0 bridgehead atoms. The molecule has 142 valence electrons. The van der Waals surface area contributed by atoms with E-state index in [-0.39, 0.29) is 11.8 Å². The van der Waals surface area contributed by atoms with Gasteiger partial charge in [0.05, 0.1) is 5.69 Å². The third-order valence-corrected chi connectivity index (χ3v) is 4.03. The molecule has 3 aromatic rings. The lowest BCUT2D eigenvalue weighted by atomic mass is 10.1. The Balaban J connectivity index is 1.70. The van der Waals surface area contributed by atoms with Gasteiger partial charge in [0.25, 0.3) is 11.8 Å². The van der Waals surface area contributed by atoms with E-state index in [9.17, 15) is 9.59 Å². The molecule has 0 unspecified atom stereocenters. The number of nitrogens with zero attached hydrogens (tertiary/aromatic N) is 2. The quantitative estimate of drug-likeness (QED) is 0.688. The number of nitrogens with one attached hydrogen (secondary N) is 2. The van der Waals surface area contributed by atoms with Crippen molar-refractivity contribution >= 4 is 17.6 Å². The number of amides is 2. The van der Waals surface area contributed by atoms with Crippen molar-refractivity contribution in [2.75, 3.05) is 11.9 Å². The van der Waals surface area contributed by atoms with Gasteiger partial charge in [0, 0.05) is 35.6 Å². The molecule has 28 heavy (non-hydrogen) atoms. The van der Waals surface area contributed by atoms with E-state index in [1.807, 2.05) is 26.0 Å². The second-order valence-corrected chi connectivity index (χ2v) is 6.79. The van der Waals surface area contributed by atoms with E-state index >= 15 is 0 Å². The first-order chi connectivity index (χ1) is 13.5. The van der Waals surface area contributed by atoms with Crippen LogP contribution in [0.2, 0.25) is 0 Å². The Kier molecular flexibility index (Phi) is 6.11. The fourth-order valence-corrected chi connectivity index (χ4v) is 2.53. The van der Waals surface area contributed by atoms with Gasteiger partial charge in [-0.05, 0) is 42.3 Å². The molecule has 0 saturated heterocycles. The minimum absolute atomic E-state index is 0.128. The van der Waals surface area contributed by atoms with Crippen LogP contribution in [-0.4, -0.2) is 28.3 Å². The van der Waals surface area contributed by atoms with Crippen molar-refractivity contribution in [1.29, 1.82) is 0 Å². The smallest absolute Gasteiger partial charge is 0.256 e. The van der Waals surface area contributed by atoms with Gasteiger partial charge >= 0.3 is 0 Å². The summed E-state index contributed by atoms with van der Waals surface area (Å²) in [5, 5.41) is 5.65. The lowest BCUT2D eigenvalue weighted by Gasteiger charge is -2.09. The Hall–Kier alpha value is -3.54. The van der Waals surface area contributed by atoms with Crippen LogP contribution in [0.1, 0.15) is 34.6 Å². The normalized spacial score (nSPS) is 10.5. The van der Waals surface area contributed by atoms with Crippen molar-refractivity contribution in [2.45, 2.75) is 13.8 Å². The predicted octanol–water partition coefficient (Wildman–Crippen LogP) is 3.78. The predicted molar refractivity (Wildman–Crippen MR) is 109 cm³/mol. The average molecular weight is 374 g/mol. The van der Waals surface area contributed by atoms with E-state index in [2.05, 4.69) is 20.6 Å². The number of benzene rings is 1. The second-order valence-electron chi connectivity index (χ2n) is 6.79. The summed E-state index contributed by atoms with van der Waals surface area (Å²) in [6.07, 6.45) is 3.23. The number of hydrogen-bond acceptors (Lipinski definition) is 4. The van der Waals surface area contributed by atoms with Gasteiger partial charge in [0.1, 0.15) is 5.82 Å². The molecule has 0 aliphatic carbocycles. The van der Waals surface area contributed by atoms with Gasteiger partial charge in [-0.25, -0.2) is 4.98 Å². The van der Waals surface area contributed by atoms with Crippen molar-refractivity contribution in [3.8, 4) is 11.3 Å². The standard InChI is InChI=1S/C22H22N4O2/c1-15(2)13-25-21(27)17-10-11-23-19(12-17)18-8-9-20(24-14-18)26-22(28)16-6-4-3-5-7-16/h3-12,14-15H,13H2,1-2H3,(H,25,27)(H,24,26,28). The summed E-state index contributed by atoms with van der Waals surface area (Å²) in [6.45, 7) is 4.71. The molecule has 1 aromatic carbocycles. The largest absolute Gasteiger partial charge is 0.352 e. The van der Waals surface area contributed by atoms with Crippen LogP contribution in [0.5, 0.6) is 0 Å². The molecule has 0 fully saturated rings. The van der Waals surface area contributed by atoms with Gasteiger partial charge in [-0.2, -0.15) is 0 Å². The maximum absolute atomic E-state index is 12.2. The van der Waals surface area contributed by atoms with E-state index in [1.165, 1.54) is 0 Å². The minimum atomic E-state index is -0.220. The second kappa shape index (κ2) is 8.90. The summed E-state index contributed by atoms with van der Waals surface area (Å²) in [4.78, 5) is 33.0. The highest BCUT2D eigenvalue weighted by Crippen LogP contribution is 2.19. The highest BCUT2D eigenvalue weighted by Gasteiger charge is 2.10. The summed E-state index contributed by atoms with van der Waals surface area (Å²) in [6, 6.07) is 15.9. The molecule has 6 heteroatoms. The fourth-order valence-electron chi connectivity index (χ4n) is 2.53. The molecule has 0 aliphatic rings. The summed E-state index contributed by atoms with van der Waals surface area (Å²) in [7, 11) is 0. The molecule has 0 atom stereocenters. The molecule has 6 nitrogen and oxygen atoms in total. The summed E-state index contributed by atoms with van der Waals surface area (Å²) in [5.41, 5.74) is 2.52. The van der Waals surface area contributed by atoms with Gasteiger partial charge in [0.2, 0.25) is 0 Å². The molecule has 3 rings (SSSR count). The lowest BCUT2D eigenvalue weighted by Crippen LogP contribution is -2.27. The fraction of sp³-hybridized carbons (Fsp3) is 0.182. The molecular weight excluding hydrogens is 352 g/mol. The number of hydrogen-bond donors (Lipinski definition) is 2. The molecule has 0 spiro atoms. The topological polar surface area (TPSA) is 84.0 Å². The van der Waals surface area contributed by atoms with Crippen molar-refractivity contribution < 1.29 is 9.59 Å². The number of aromatic nitrogens is 2. The number of carbonyl (C=O) groups is 2.